The normalized spacial score (nSPS) is 8.87. The molecule has 0 unspecified atom stereocenters. The van der Waals surface area contributed by atoms with E-state index < -0.39 is 0 Å². The third kappa shape index (κ3) is 5.43. The molecule has 3 rings (SSSR count). The van der Waals surface area contributed by atoms with Crippen LogP contribution in [0.1, 0.15) is 53.1 Å². The van der Waals surface area contributed by atoms with Gasteiger partial charge in [0.1, 0.15) is 5.82 Å². The number of rotatable bonds is 1. The molecule has 0 N–H and O–H groups in total. The summed E-state index contributed by atoms with van der Waals surface area (Å²) in [7, 11) is 0. The number of para-hydroxylation sites is 1. The monoisotopic (exact) mass is 315 g/mol. The molecule has 5 nitrogen and oxygen atoms in total. The Bertz CT molecular complexity index is 674. The van der Waals surface area contributed by atoms with Crippen molar-refractivity contribution in [2.45, 2.75) is 55.4 Å². The average Bonchev–Trinajstić information content (AvgIpc) is 3.05. The fourth-order valence-electron chi connectivity index (χ4n) is 1.76. The molecule has 0 bridgehead atoms. The first-order valence-electron chi connectivity index (χ1n) is 8.38. The van der Waals surface area contributed by atoms with Gasteiger partial charge < -0.3 is 0 Å². The smallest absolute Gasteiger partial charge is 0.205 e. The van der Waals surface area contributed by atoms with Gasteiger partial charge >= 0.3 is 0 Å². The maximum Gasteiger partial charge on any atom is 0.205 e. The molecule has 0 radical (unpaired) electrons. The van der Waals surface area contributed by atoms with E-state index in [1.165, 1.54) is 0 Å². The number of hydrogen-bond donors (Lipinski definition) is 0. The first-order valence-corrected chi connectivity index (χ1v) is 8.38. The fraction of sp³-hybridized carbons (Fsp3) is 0.444. The van der Waals surface area contributed by atoms with Crippen molar-refractivity contribution in [1.82, 2.24) is 25.0 Å². The Kier molecular flexibility index (Phi) is 10.2. The maximum atomic E-state index is 4.40. The predicted molar refractivity (Wildman–Crippen MR) is 98.0 cm³/mol. The van der Waals surface area contributed by atoms with E-state index in [0.29, 0.717) is 5.65 Å². The van der Waals surface area contributed by atoms with Crippen molar-refractivity contribution in [2.24, 2.45) is 0 Å². The molecule has 0 amide bonds. The molecule has 2 aromatic heterocycles. The molecule has 2 heterocycles. The summed E-state index contributed by atoms with van der Waals surface area (Å²) in [4.78, 5) is 10.1. The van der Waals surface area contributed by atoms with E-state index in [-0.39, 0.29) is 0 Å². The van der Waals surface area contributed by atoms with Gasteiger partial charge in [-0.3, -0.25) is 0 Å². The minimum absolute atomic E-state index is 0.638. The summed E-state index contributed by atoms with van der Waals surface area (Å²) in [5, 5.41) is 8.76. The van der Waals surface area contributed by atoms with Gasteiger partial charge in [-0.25, -0.2) is 9.97 Å². The van der Waals surface area contributed by atoms with Gasteiger partial charge in [0.15, 0.2) is 5.52 Å². The lowest BCUT2D eigenvalue weighted by Gasteiger charge is -1.95. The van der Waals surface area contributed by atoms with Gasteiger partial charge in [-0.1, -0.05) is 59.7 Å². The number of fused-ring (bicyclic) bond motifs is 1. The molecule has 0 fully saturated rings. The molecule has 0 spiro atoms. The van der Waals surface area contributed by atoms with E-state index in [0.717, 1.165) is 22.7 Å². The van der Waals surface area contributed by atoms with Crippen LogP contribution in [0.3, 0.4) is 0 Å². The van der Waals surface area contributed by atoms with E-state index in [1.807, 2.05) is 85.7 Å². The van der Waals surface area contributed by atoms with Crippen molar-refractivity contribution < 1.29 is 0 Å². The summed E-state index contributed by atoms with van der Waals surface area (Å²) in [5.74, 6) is 0.718. The minimum Gasteiger partial charge on any atom is -0.236 e. The molecule has 126 valence electrons. The quantitative estimate of drug-likeness (QED) is 0.640. The summed E-state index contributed by atoms with van der Waals surface area (Å²) in [5.41, 5.74) is 3.16. The number of benzene rings is 1. The number of hydrogen-bond acceptors (Lipinski definition) is 4. The van der Waals surface area contributed by atoms with Gasteiger partial charge in [0.2, 0.25) is 5.65 Å². The van der Waals surface area contributed by atoms with Crippen molar-refractivity contribution in [3.8, 4) is 5.69 Å². The first-order chi connectivity index (χ1) is 11.2. The highest BCUT2D eigenvalue weighted by Gasteiger charge is 2.09. The average molecular weight is 315 g/mol. The van der Waals surface area contributed by atoms with E-state index >= 15 is 0 Å². The van der Waals surface area contributed by atoms with Crippen LogP contribution in [0.15, 0.2) is 30.3 Å². The Morgan fingerprint density at radius 2 is 1.30 bits per heavy atom. The number of nitrogens with zero attached hydrogens (tertiary/aromatic N) is 5. The zero-order valence-corrected chi connectivity index (χ0v) is 15.6. The second-order valence-electron chi connectivity index (χ2n) is 3.85. The Labute approximate surface area is 139 Å². The Hall–Kier alpha value is -2.30. The van der Waals surface area contributed by atoms with E-state index in [2.05, 4.69) is 20.2 Å². The third-order valence-corrected chi connectivity index (χ3v) is 2.52. The highest BCUT2D eigenvalue weighted by atomic mass is 15.5. The zero-order valence-electron chi connectivity index (χ0n) is 15.6. The molecule has 5 heteroatoms. The molecule has 3 aromatic rings. The van der Waals surface area contributed by atoms with Crippen molar-refractivity contribution in [2.75, 3.05) is 0 Å². The van der Waals surface area contributed by atoms with Crippen LogP contribution in [0, 0.1) is 13.8 Å². The standard InChI is InChI=1S/C12H11N5.3C2H6/c1-8-11-12(14-9(2)13-8)16-17(15-11)10-6-4-3-5-7-10;3*1-2/h3-7H,1-2H3;3*1-2H3. The Morgan fingerprint density at radius 3 is 1.87 bits per heavy atom. The van der Waals surface area contributed by atoms with Crippen LogP contribution in [0.4, 0.5) is 0 Å². The van der Waals surface area contributed by atoms with Crippen LogP contribution in [0.5, 0.6) is 0 Å². The maximum absolute atomic E-state index is 4.40. The summed E-state index contributed by atoms with van der Waals surface area (Å²) >= 11 is 0. The van der Waals surface area contributed by atoms with Crippen molar-refractivity contribution in [3.05, 3.63) is 41.9 Å². The van der Waals surface area contributed by atoms with E-state index in [4.69, 9.17) is 0 Å². The fourth-order valence-corrected chi connectivity index (χ4v) is 1.76. The Morgan fingerprint density at radius 1 is 0.739 bits per heavy atom. The van der Waals surface area contributed by atoms with Crippen LogP contribution in [-0.2, 0) is 0 Å². The van der Waals surface area contributed by atoms with Gasteiger partial charge in [-0.2, -0.15) is 0 Å². The molecule has 0 atom stereocenters. The molecular weight excluding hydrogens is 286 g/mol. The van der Waals surface area contributed by atoms with Crippen LogP contribution < -0.4 is 0 Å². The molecule has 0 aliphatic rings. The molecule has 1 aromatic carbocycles. The highest BCUT2D eigenvalue weighted by Crippen LogP contribution is 2.12. The van der Waals surface area contributed by atoms with Gasteiger partial charge in [-0.15, -0.1) is 15.0 Å². The number of aromatic nitrogens is 5. The van der Waals surface area contributed by atoms with E-state index in [9.17, 15) is 0 Å². The third-order valence-electron chi connectivity index (χ3n) is 2.52. The largest absolute Gasteiger partial charge is 0.236 e. The second-order valence-corrected chi connectivity index (χ2v) is 3.85. The van der Waals surface area contributed by atoms with Gasteiger partial charge in [0.05, 0.1) is 11.4 Å². The molecule has 23 heavy (non-hydrogen) atoms. The molecular formula is C18H29N5. The lowest BCUT2D eigenvalue weighted by Crippen LogP contribution is -1.97. The van der Waals surface area contributed by atoms with Crippen LogP contribution >= 0.6 is 0 Å². The first kappa shape index (κ1) is 20.7. The zero-order chi connectivity index (χ0) is 17.8. The SMILES string of the molecule is CC.CC.CC.Cc1nc(C)c2nn(-c3ccccc3)nc2n1. The lowest BCUT2D eigenvalue weighted by molar-refractivity contribution is 0.763. The topological polar surface area (TPSA) is 56.5 Å². The molecule has 0 saturated heterocycles. The van der Waals surface area contributed by atoms with Crippen molar-refractivity contribution in [3.63, 3.8) is 0 Å². The second kappa shape index (κ2) is 11.3. The molecule has 0 aliphatic carbocycles. The van der Waals surface area contributed by atoms with Gasteiger partial charge in [0.25, 0.3) is 0 Å². The van der Waals surface area contributed by atoms with Crippen molar-refractivity contribution in [1.29, 1.82) is 0 Å². The van der Waals surface area contributed by atoms with Gasteiger partial charge in [0, 0.05) is 0 Å². The number of aryl methyl sites for hydroxylation is 2. The summed E-state index contributed by atoms with van der Waals surface area (Å²) < 4.78 is 0. The molecule has 0 saturated carbocycles. The predicted octanol–water partition coefficient (Wildman–Crippen LogP) is 4.91. The minimum atomic E-state index is 0.638. The van der Waals surface area contributed by atoms with Crippen LogP contribution in [0.25, 0.3) is 16.9 Å². The van der Waals surface area contributed by atoms with Crippen molar-refractivity contribution >= 4 is 11.2 Å². The Balaban J connectivity index is 0.000000728. The highest BCUT2D eigenvalue weighted by molar-refractivity contribution is 5.71. The summed E-state index contributed by atoms with van der Waals surface area (Å²) in [6.45, 7) is 15.8. The van der Waals surface area contributed by atoms with Crippen LogP contribution in [-0.4, -0.2) is 25.0 Å². The van der Waals surface area contributed by atoms with E-state index in [1.54, 1.807) is 4.80 Å². The summed E-state index contributed by atoms with van der Waals surface area (Å²) in [6, 6.07) is 9.77. The summed E-state index contributed by atoms with van der Waals surface area (Å²) in [6.07, 6.45) is 0. The molecule has 0 aliphatic heterocycles. The van der Waals surface area contributed by atoms with Gasteiger partial charge in [-0.05, 0) is 26.0 Å². The lowest BCUT2D eigenvalue weighted by atomic mass is 10.3. The van der Waals surface area contributed by atoms with Crippen LogP contribution in [0.2, 0.25) is 0 Å².